The van der Waals surface area contributed by atoms with Crippen LogP contribution in [0.25, 0.3) is 10.8 Å². The Balaban J connectivity index is 1.47. The zero-order chi connectivity index (χ0) is 26.5. The van der Waals surface area contributed by atoms with Crippen molar-refractivity contribution < 1.29 is 14.4 Å². The summed E-state index contributed by atoms with van der Waals surface area (Å²) in [5, 5.41) is 5.03. The molecule has 1 unspecified atom stereocenters. The van der Waals surface area contributed by atoms with E-state index in [1.54, 1.807) is 9.80 Å². The summed E-state index contributed by atoms with van der Waals surface area (Å²) in [4.78, 5) is 43.2. The molecule has 0 saturated heterocycles. The zero-order valence-electron chi connectivity index (χ0n) is 22.3. The molecule has 37 heavy (non-hydrogen) atoms. The molecule has 0 fully saturated rings. The first-order valence-corrected chi connectivity index (χ1v) is 13.3. The summed E-state index contributed by atoms with van der Waals surface area (Å²) in [6.45, 7) is 9.47. The van der Waals surface area contributed by atoms with E-state index in [0.717, 1.165) is 27.6 Å². The van der Waals surface area contributed by atoms with Gasteiger partial charge >= 0.3 is 0 Å². The highest BCUT2D eigenvalue weighted by atomic mass is 16.2. The number of nitrogens with zero attached hydrogens (tertiary/aromatic N) is 2. The second-order valence-electron chi connectivity index (χ2n) is 10.3. The lowest BCUT2D eigenvalue weighted by molar-refractivity contribution is -0.141. The lowest BCUT2D eigenvalue weighted by atomic mass is 10.1. The average molecular weight is 500 g/mol. The Hall–Kier alpha value is -3.67. The number of aryl methyl sites for hydroxylation is 1. The van der Waals surface area contributed by atoms with E-state index in [4.69, 9.17) is 0 Å². The molecule has 0 aromatic heterocycles. The van der Waals surface area contributed by atoms with Crippen molar-refractivity contribution in [3.8, 4) is 0 Å². The Kier molecular flexibility index (Phi) is 8.27. The molecule has 0 saturated carbocycles. The zero-order valence-corrected chi connectivity index (χ0v) is 22.3. The molecule has 1 heterocycles. The van der Waals surface area contributed by atoms with Crippen molar-refractivity contribution in [2.24, 2.45) is 5.92 Å². The van der Waals surface area contributed by atoms with E-state index < -0.39 is 6.04 Å². The molecular formula is C31H37N3O3. The van der Waals surface area contributed by atoms with Crippen molar-refractivity contribution in [3.63, 3.8) is 0 Å². The van der Waals surface area contributed by atoms with Gasteiger partial charge in [0.1, 0.15) is 6.04 Å². The van der Waals surface area contributed by atoms with Gasteiger partial charge in [-0.15, -0.1) is 0 Å². The molecule has 3 amide bonds. The van der Waals surface area contributed by atoms with Gasteiger partial charge in [0, 0.05) is 37.0 Å². The molecule has 1 aliphatic rings. The van der Waals surface area contributed by atoms with Gasteiger partial charge in [0.15, 0.2) is 0 Å². The molecule has 0 bridgehead atoms. The van der Waals surface area contributed by atoms with Crippen LogP contribution in [0.5, 0.6) is 0 Å². The fraction of sp³-hybridized carbons (Fsp3) is 0.387. The monoisotopic (exact) mass is 499 g/mol. The first kappa shape index (κ1) is 26.4. The van der Waals surface area contributed by atoms with Gasteiger partial charge in [0.05, 0.1) is 5.69 Å². The van der Waals surface area contributed by atoms with Gasteiger partial charge in [0.25, 0.3) is 5.91 Å². The van der Waals surface area contributed by atoms with Crippen LogP contribution >= 0.6 is 0 Å². The minimum absolute atomic E-state index is 0.0183. The number of amides is 3. The molecule has 4 rings (SSSR count). The summed E-state index contributed by atoms with van der Waals surface area (Å²) >= 11 is 0. The maximum absolute atomic E-state index is 13.6. The second kappa shape index (κ2) is 11.6. The summed E-state index contributed by atoms with van der Waals surface area (Å²) in [5.74, 6) is 0.118. The van der Waals surface area contributed by atoms with E-state index in [0.29, 0.717) is 44.0 Å². The van der Waals surface area contributed by atoms with E-state index in [-0.39, 0.29) is 24.1 Å². The summed E-state index contributed by atoms with van der Waals surface area (Å²) in [7, 11) is 0. The van der Waals surface area contributed by atoms with Crippen molar-refractivity contribution >= 4 is 34.2 Å². The van der Waals surface area contributed by atoms with Gasteiger partial charge in [-0.1, -0.05) is 74.9 Å². The van der Waals surface area contributed by atoms with Crippen LogP contribution < -0.4 is 10.2 Å². The number of carbonyl (C=O) groups excluding carboxylic acids is 3. The third-order valence-corrected chi connectivity index (χ3v) is 6.97. The predicted molar refractivity (Wildman–Crippen MR) is 149 cm³/mol. The molecule has 0 aliphatic carbocycles. The van der Waals surface area contributed by atoms with Gasteiger partial charge < -0.3 is 15.1 Å². The number of hydrogen-bond donors (Lipinski definition) is 1. The summed E-state index contributed by atoms with van der Waals surface area (Å²) in [5.41, 5.74) is 3.76. The van der Waals surface area contributed by atoms with Crippen LogP contribution in [0.1, 0.15) is 61.5 Å². The normalized spacial score (nSPS) is 13.3. The van der Waals surface area contributed by atoms with Crippen LogP contribution in [0.15, 0.2) is 60.7 Å². The minimum Gasteiger partial charge on any atom is -0.354 e. The molecule has 0 spiro atoms. The molecule has 3 aromatic rings. The SMILES string of the molecule is CCC(C(=O)NCC(C)C)N(Cc1ccc(C)cc1)C(=O)CCCN1C(=O)c2cccc3cccc1c23. The molecule has 1 N–H and O–H groups in total. The van der Waals surface area contributed by atoms with Gasteiger partial charge in [0.2, 0.25) is 11.8 Å². The van der Waals surface area contributed by atoms with Crippen LogP contribution in [0.2, 0.25) is 0 Å². The molecule has 1 aliphatic heterocycles. The van der Waals surface area contributed by atoms with Crippen LogP contribution in [-0.4, -0.2) is 41.8 Å². The van der Waals surface area contributed by atoms with Crippen LogP contribution in [0, 0.1) is 12.8 Å². The quantitative estimate of drug-likeness (QED) is 0.380. The van der Waals surface area contributed by atoms with Crippen molar-refractivity contribution in [1.29, 1.82) is 0 Å². The molecule has 6 nitrogen and oxygen atoms in total. The van der Waals surface area contributed by atoms with Gasteiger partial charge in [-0.3, -0.25) is 14.4 Å². The maximum Gasteiger partial charge on any atom is 0.258 e. The molecule has 1 atom stereocenters. The number of carbonyl (C=O) groups is 3. The van der Waals surface area contributed by atoms with Crippen LogP contribution in [0.4, 0.5) is 5.69 Å². The van der Waals surface area contributed by atoms with Crippen molar-refractivity contribution in [3.05, 3.63) is 77.4 Å². The molecule has 194 valence electrons. The number of hydrogen-bond acceptors (Lipinski definition) is 3. The number of rotatable bonds is 11. The Morgan fingerprint density at radius 2 is 1.70 bits per heavy atom. The van der Waals surface area contributed by atoms with Crippen molar-refractivity contribution in [1.82, 2.24) is 10.2 Å². The third kappa shape index (κ3) is 5.85. The minimum atomic E-state index is -0.543. The highest BCUT2D eigenvalue weighted by molar-refractivity contribution is 6.25. The Labute approximate surface area is 219 Å². The lowest BCUT2D eigenvalue weighted by Crippen LogP contribution is -2.49. The maximum atomic E-state index is 13.6. The van der Waals surface area contributed by atoms with Crippen molar-refractivity contribution in [2.45, 2.75) is 59.5 Å². The number of nitrogens with one attached hydrogen (secondary N) is 1. The van der Waals surface area contributed by atoms with Crippen molar-refractivity contribution in [2.75, 3.05) is 18.0 Å². The summed E-state index contributed by atoms with van der Waals surface area (Å²) in [6.07, 6.45) is 1.31. The first-order valence-electron chi connectivity index (χ1n) is 13.3. The van der Waals surface area contributed by atoms with Gasteiger partial charge in [-0.05, 0) is 48.8 Å². The number of benzene rings is 3. The lowest BCUT2D eigenvalue weighted by Gasteiger charge is -2.31. The topological polar surface area (TPSA) is 69.7 Å². The Bertz CT molecular complexity index is 1280. The molecule has 0 radical (unpaired) electrons. The standard InChI is InChI=1S/C31H37N3O3/c1-5-26(30(36)32-19-21(2)3)34(20-23-16-14-22(4)15-17-23)28(35)13-8-18-33-27-12-7-10-24-9-6-11-25(29(24)27)31(33)37/h6-7,9-12,14-17,21,26H,5,8,13,18-20H2,1-4H3,(H,32,36). The average Bonchev–Trinajstić information content (AvgIpc) is 3.16. The van der Waals surface area contributed by atoms with E-state index >= 15 is 0 Å². The smallest absolute Gasteiger partial charge is 0.258 e. The highest BCUT2D eigenvalue weighted by Crippen LogP contribution is 2.37. The first-order chi connectivity index (χ1) is 17.8. The fourth-order valence-electron chi connectivity index (χ4n) is 4.97. The summed E-state index contributed by atoms with van der Waals surface area (Å²) in [6, 6.07) is 19.3. The fourth-order valence-corrected chi connectivity index (χ4v) is 4.97. The highest BCUT2D eigenvalue weighted by Gasteiger charge is 2.31. The van der Waals surface area contributed by atoms with Crippen LogP contribution in [0.3, 0.4) is 0 Å². The van der Waals surface area contributed by atoms with E-state index in [2.05, 4.69) is 19.2 Å². The molecule has 3 aromatic carbocycles. The third-order valence-electron chi connectivity index (χ3n) is 6.97. The largest absolute Gasteiger partial charge is 0.354 e. The predicted octanol–water partition coefficient (Wildman–Crippen LogP) is 5.47. The Morgan fingerprint density at radius 3 is 2.38 bits per heavy atom. The summed E-state index contributed by atoms with van der Waals surface area (Å²) < 4.78 is 0. The Morgan fingerprint density at radius 1 is 1.00 bits per heavy atom. The van der Waals surface area contributed by atoms with Gasteiger partial charge in [-0.2, -0.15) is 0 Å². The molecule has 6 heteroatoms. The van der Waals surface area contributed by atoms with Crippen LogP contribution in [-0.2, 0) is 16.1 Å². The molecular weight excluding hydrogens is 462 g/mol. The number of anilines is 1. The van der Waals surface area contributed by atoms with E-state index in [9.17, 15) is 14.4 Å². The van der Waals surface area contributed by atoms with E-state index in [1.807, 2.05) is 74.5 Å². The van der Waals surface area contributed by atoms with Gasteiger partial charge in [-0.25, -0.2) is 0 Å². The van der Waals surface area contributed by atoms with E-state index in [1.165, 1.54) is 0 Å². The second-order valence-corrected chi connectivity index (χ2v) is 10.3.